The molecule has 1 heterocycles. The maximum Gasteiger partial charge on any atom is 0.306 e. The number of aromatic nitrogens is 1. The van der Waals surface area contributed by atoms with Crippen molar-refractivity contribution in [2.75, 3.05) is 19.7 Å². The molecule has 0 radical (unpaired) electrons. The second kappa shape index (κ2) is 9.46. The third-order valence-corrected chi connectivity index (χ3v) is 3.69. The van der Waals surface area contributed by atoms with Gasteiger partial charge in [-0.15, -0.1) is 0 Å². The first-order valence-electron chi connectivity index (χ1n) is 8.34. The molecule has 134 valence electrons. The Balaban J connectivity index is 1.64. The molecule has 0 spiro atoms. The average molecular weight is 345 g/mol. The van der Waals surface area contributed by atoms with Gasteiger partial charge < -0.3 is 20.4 Å². The van der Waals surface area contributed by atoms with Gasteiger partial charge in [0.1, 0.15) is 0 Å². The van der Waals surface area contributed by atoms with Crippen LogP contribution in [0.4, 0.5) is 0 Å². The number of amides is 2. The minimum atomic E-state index is -0.490. The molecule has 7 heteroatoms. The lowest BCUT2D eigenvalue weighted by Gasteiger charge is -2.06. The van der Waals surface area contributed by atoms with Crippen LogP contribution >= 0.6 is 0 Å². The molecule has 2 rings (SSSR count). The number of H-pyrrole nitrogens is 1. The number of benzene rings is 1. The van der Waals surface area contributed by atoms with E-state index in [1.807, 2.05) is 30.5 Å². The van der Waals surface area contributed by atoms with Gasteiger partial charge in [-0.3, -0.25) is 14.4 Å². The van der Waals surface area contributed by atoms with Crippen molar-refractivity contribution in [1.82, 2.24) is 15.6 Å². The van der Waals surface area contributed by atoms with Crippen LogP contribution in [0.5, 0.6) is 0 Å². The van der Waals surface area contributed by atoms with E-state index in [-0.39, 0.29) is 25.5 Å². The summed E-state index contributed by atoms with van der Waals surface area (Å²) in [5, 5.41) is 6.10. The Bertz CT molecular complexity index is 739. The number of rotatable bonds is 9. The van der Waals surface area contributed by atoms with E-state index >= 15 is 0 Å². The zero-order chi connectivity index (χ0) is 18.1. The first kappa shape index (κ1) is 18.5. The fourth-order valence-electron chi connectivity index (χ4n) is 2.47. The molecule has 0 fully saturated rings. The number of carbonyl (C=O) groups excluding carboxylic acids is 3. The summed E-state index contributed by atoms with van der Waals surface area (Å²) in [6.07, 6.45) is 3.58. The number of aromatic amines is 1. The number of para-hydroxylation sites is 1. The highest BCUT2D eigenvalue weighted by Gasteiger charge is 2.10. The van der Waals surface area contributed by atoms with E-state index in [9.17, 15) is 14.4 Å². The molecule has 1 aromatic carbocycles. The van der Waals surface area contributed by atoms with Gasteiger partial charge in [-0.1, -0.05) is 18.2 Å². The van der Waals surface area contributed by atoms with Gasteiger partial charge in [0.2, 0.25) is 5.91 Å². The minimum absolute atomic E-state index is 0.120. The number of esters is 1. The van der Waals surface area contributed by atoms with E-state index in [4.69, 9.17) is 4.74 Å². The van der Waals surface area contributed by atoms with E-state index < -0.39 is 11.9 Å². The van der Waals surface area contributed by atoms with Crippen LogP contribution in [-0.2, 0) is 25.5 Å². The van der Waals surface area contributed by atoms with Crippen molar-refractivity contribution in [1.29, 1.82) is 0 Å². The molecule has 0 saturated carbocycles. The Morgan fingerprint density at radius 3 is 2.72 bits per heavy atom. The first-order chi connectivity index (χ1) is 12.1. The predicted octanol–water partition coefficient (Wildman–Crippen LogP) is 1.29. The fourth-order valence-corrected chi connectivity index (χ4v) is 2.47. The SMILES string of the molecule is CCNC(=O)CNC(=O)COC(=O)CCCc1c[nH]c2ccccc12. The van der Waals surface area contributed by atoms with Crippen molar-refractivity contribution in [2.45, 2.75) is 26.2 Å². The van der Waals surface area contributed by atoms with E-state index in [0.29, 0.717) is 13.0 Å². The summed E-state index contributed by atoms with van der Waals surface area (Å²) < 4.78 is 4.91. The molecule has 0 aliphatic heterocycles. The van der Waals surface area contributed by atoms with Crippen molar-refractivity contribution in [2.24, 2.45) is 0 Å². The van der Waals surface area contributed by atoms with Gasteiger partial charge in [-0.2, -0.15) is 0 Å². The maximum absolute atomic E-state index is 11.7. The second-order valence-corrected chi connectivity index (χ2v) is 5.60. The zero-order valence-corrected chi connectivity index (χ0v) is 14.3. The molecule has 0 aliphatic rings. The van der Waals surface area contributed by atoms with Gasteiger partial charge in [0.25, 0.3) is 5.91 Å². The Morgan fingerprint density at radius 1 is 1.12 bits per heavy atom. The number of hydrogen-bond donors (Lipinski definition) is 3. The van der Waals surface area contributed by atoms with Crippen LogP contribution in [0.25, 0.3) is 10.9 Å². The number of fused-ring (bicyclic) bond motifs is 1. The molecule has 0 unspecified atom stereocenters. The molecule has 2 aromatic rings. The van der Waals surface area contributed by atoms with E-state index in [0.717, 1.165) is 22.9 Å². The Morgan fingerprint density at radius 2 is 1.92 bits per heavy atom. The topological polar surface area (TPSA) is 100 Å². The number of ether oxygens (including phenoxy) is 1. The zero-order valence-electron chi connectivity index (χ0n) is 14.3. The Labute approximate surface area is 146 Å². The summed E-state index contributed by atoms with van der Waals surface area (Å²) in [5.41, 5.74) is 2.23. The van der Waals surface area contributed by atoms with E-state index in [2.05, 4.69) is 15.6 Å². The summed E-state index contributed by atoms with van der Waals surface area (Å²) in [6.45, 7) is 1.80. The predicted molar refractivity (Wildman–Crippen MR) is 93.9 cm³/mol. The lowest BCUT2D eigenvalue weighted by Crippen LogP contribution is -2.38. The summed E-state index contributed by atoms with van der Waals surface area (Å²) in [4.78, 5) is 37.6. The van der Waals surface area contributed by atoms with E-state index in [1.54, 1.807) is 6.92 Å². The third kappa shape index (κ3) is 5.95. The van der Waals surface area contributed by atoms with Crippen LogP contribution in [-0.4, -0.2) is 42.5 Å². The summed E-state index contributed by atoms with van der Waals surface area (Å²) in [7, 11) is 0. The van der Waals surface area contributed by atoms with Gasteiger partial charge >= 0.3 is 5.97 Å². The van der Waals surface area contributed by atoms with Gasteiger partial charge in [-0.25, -0.2) is 0 Å². The number of hydrogen-bond acceptors (Lipinski definition) is 4. The van der Waals surface area contributed by atoms with E-state index in [1.165, 1.54) is 0 Å². The largest absolute Gasteiger partial charge is 0.456 e. The molecule has 0 bridgehead atoms. The van der Waals surface area contributed by atoms with Crippen LogP contribution in [0.1, 0.15) is 25.3 Å². The van der Waals surface area contributed by atoms with Crippen LogP contribution in [0.3, 0.4) is 0 Å². The number of aryl methyl sites for hydroxylation is 1. The van der Waals surface area contributed by atoms with Gasteiger partial charge in [-0.05, 0) is 31.4 Å². The number of carbonyl (C=O) groups is 3. The Hall–Kier alpha value is -2.83. The monoisotopic (exact) mass is 345 g/mol. The molecule has 0 saturated heterocycles. The molecule has 0 atom stereocenters. The average Bonchev–Trinajstić information content (AvgIpc) is 3.02. The van der Waals surface area contributed by atoms with Crippen molar-refractivity contribution in [3.63, 3.8) is 0 Å². The second-order valence-electron chi connectivity index (χ2n) is 5.60. The van der Waals surface area contributed by atoms with Crippen LogP contribution in [0, 0.1) is 0 Å². The van der Waals surface area contributed by atoms with Crippen molar-refractivity contribution >= 4 is 28.7 Å². The lowest BCUT2D eigenvalue weighted by atomic mass is 10.1. The summed E-state index contributed by atoms with van der Waals surface area (Å²) >= 11 is 0. The Kier molecular flexibility index (Phi) is 7.00. The number of likely N-dealkylation sites (N-methyl/N-ethyl adjacent to an activating group) is 1. The molecule has 0 aliphatic carbocycles. The summed E-state index contributed by atoms with van der Waals surface area (Å²) in [6, 6.07) is 8.00. The lowest BCUT2D eigenvalue weighted by molar-refractivity contribution is -0.148. The van der Waals surface area contributed by atoms with Gasteiger partial charge in [0.05, 0.1) is 6.54 Å². The molecule has 7 nitrogen and oxygen atoms in total. The molecule has 25 heavy (non-hydrogen) atoms. The molecular weight excluding hydrogens is 322 g/mol. The first-order valence-corrected chi connectivity index (χ1v) is 8.34. The van der Waals surface area contributed by atoms with Crippen molar-refractivity contribution in [3.05, 3.63) is 36.0 Å². The number of nitrogens with one attached hydrogen (secondary N) is 3. The maximum atomic E-state index is 11.7. The highest BCUT2D eigenvalue weighted by Crippen LogP contribution is 2.19. The van der Waals surface area contributed by atoms with Crippen molar-refractivity contribution in [3.8, 4) is 0 Å². The molecule has 3 N–H and O–H groups in total. The van der Waals surface area contributed by atoms with Crippen LogP contribution in [0.2, 0.25) is 0 Å². The molecule has 2 amide bonds. The fraction of sp³-hybridized carbons (Fsp3) is 0.389. The molecule has 1 aromatic heterocycles. The smallest absolute Gasteiger partial charge is 0.306 e. The van der Waals surface area contributed by atoms with Crippen molar-refractivity contribution < 1.29 is 19.1 Å². The quantitative estimate of drug-likeness (QED) is 0.596. The van der Waals surface area contributed by atoms with Gasteiger partial charge in [0.15, 0.2) is 6.61 Å². The minimum Gasteiger partial charge on any atom is -0.456 e. The van der Waals surface area contributed by atoms with Crippen LogP contribution in [0.15, 0.2) is 30.5 Å². The van der Waals surface area contributed by atoms with Gasteiger partial charge in [0, 0.05) is 30.1 Å². The highest BCUT2D eigenvalue weighted by atomic mass is 16.5. The highest BCUT2D eigenvalue weighted by molar-refractivity contribution is 5.86. The summed E-state index contributed by atoms with van der Waals surface area (Å²) in [5.74, 6) is -1.19. The third-order valence-electron chi connectivity index (χ3n) is 3.69. The standard InChI is InChI=1S/C18H23N3O4/c1-2-19-16(22)11-21-17(23)12-25-18(24)9-5-6-13-10-20-15-8-4-3-7-14(13)15/h3-4,7-8,10,20H,2,5-6,9,11-12H2,1H3,(H,19,22)(H,21,23). The normalized spacial score (nSPS) is 10.4. The van der Waals surface area contributed by atoms with Crippen LogP contribution < -0.4 is 10.6 Å². The molecular formula is C18H23N3O4.